The molecule has 9 heteroatoms. The summed E-state index contributed by atoms with van der Waals surface area (Å²) in [6.45, 7) is -0.127. The number of fused-ring (bicyclic) bond motifs is 2. The normalized spacial score (nSPS) is 12.5. The van der Waals surface area contributed by atoms with Crippen LogP contribution < -0.4 is 9.47 Å². The first-order valence-corrected chi connectivity index (χ1v) is 13.5. The summed E-state index contributed by atoms with van der Waals surface area (Å²) >= 11 is 0. The molecule has 8 nitrogen and oxygen atoms in total. The second kappa shape index (κ2) is 11.4. The van der Waals surface area contributed by atoms with Crippen molar-refractivity contribution >= 4 is 28.8 Å². The number of halogens is 1. The molecule has 1 aromatic heterocycles. The predicted octanol–water partition coefficient (Wildman–Crippen LogP) is 6.40. The maximum absolute atomic E-state index is 14.1. The Kier molecular flexibility index (Phi) is 7.29. The number of ether oxygens (including phenoxy) is 2. The molecule has 43 heavy (non-hydrogen) atoms. The third-order valence-corrected chi connectivity index (χ3v) is 7.14. The molecule has 6 rings (SSSR count). The van der Waals surface area contributed by atoms with E-state index in [4.69, 9.17) is 9.47 Å². The van der Waals surface area contributed by atoms with Gasteiger partial charge in [0.05, 0.1) is 6.54 Å². The van der Waals surface area contributed by atoms with Gasteiger partial charge in [-0.2, -0.15) is 0 Å². The smallest absolute Gasteiger partial charge is 0.414 e. The molecule has 0 fully saturated rings. The zero-order valence-corrected chi connectivity index (χ0v) is 23.4. The highest BCUT2D eigenvalue weighted by molar-refractivity contribution is 6.27. The number of aromatic nitrogens is 1. The molecule has 0 N–H and O–H groups in total. The van der Waals surface area contributed by atoms with Gasteiger partial charge in [-0.15, -0.1) is 0 Å². The van der Waals surface area contributed by atoms with Crippen LogP contribution >= 0.6 is 0 Å². The number of imide groups is 1. The maximum atomic E-state index is 14.1. The number of pyridine rings is 1. The highest BCUT2D eigenvalue weighted by Gasteiger charge is 2.44. The summed E-state index contributed by atoms with van der Waals surface area (Å²) < 4.78 is 26.1. The summed E-state index contributed by atoms with van der Waals surface area (Å²) in [6.07, 6.45) is 0.141. The molecule has 0 bridgehead atoms. The van der Waals surface area contributed by atoms with Gasteiger partial charge in [-0.1, -0.05) is 72.8 Å². The van der Waals surface area contributed by atoms with Crippen LogP contribution in [0.3, 0.4) is 0 Å². The molecule has 0 saturated carbocycles. The summed E-state index contributed by atoms with van der Waals surface area (Å²) in [7, 11) is 3.03. The molecule has 0 atom stereocenters. The number of carbonyl (C=O) groups is 3. The molecule has 5 aromatic rings. The maximum Gasteiger partial charge on any atom is 0.414 e. The fraction of sp³-hybridized carbons (Fsp3) is 0.118. The zero-order chi connectivity index (χ0) is 30.1. The van der Waals surface area contributed by atoms with Gasteiger partial charge in [0.2, 0.25) is 0 Å². The summed E-state index contributed by atoms with van der Waals surface area (Å²) in [5.41, 5.74) is 2.27. The predicted molar refractivity (Wildman–Crippen MR) is 157 cm³/mol. The average molecular weight is 576 g/mol. The third kappa shape index (κ3) is 5.17. The topological polar surface area (TPSA) is 89.0 Å². The Morgan fingerprint density at radius 3 is 1.98 bits per heavy atom. The summed E-state index contributed by atoms with van der Waals surface area (Å²) in [5.74, 6) is -1.75. The van der Waals surface area contributed by atoms with Crippen molar-refractivity contribution in [3.8, 4) is 11.5 Å². The van der Waals surface area contributed by atoms with Gasteiger partial charge < -0.3 is 14.4 Å². The van der Waals surface area contributed by atoms with Crippen molar-refractivity contribution in [3.05, 3.63) is 137 Å². The first kappa shape index (κ1) is 27.6. The largest absolute Gasteiger partial charge is 0.478 e. The number of nitrogens with zero attached hydrogens (tertiary/aromatic N) is 3. The summed E-state index contributed by atoms with van der Waals surface area (Å²) in [6, 6.07) is 27.8. The van der Waals surface area contributed by atoms with Crippen LogP contribution in [0.4, 0.5) is 9.18 Å². The van der Waals surface area contributed by atoms with Crippen LogP contribution in [0, 0.1) is 5.82 Å². The fourth-order valence-electron chi connectivity index (χ4n) is 5.04. The molecule has 2 heterocycles. The Balaban J connectivity index is 1.57. The molecule has 3 amide bonds. The standard InChI is InChI=1S/C34H26FN3O5/c1-37(2)34(41)43-30-25-14-9-19-36-28(25)31(42-29(22-10-5-3-6-11-22)23-12-7-4-8-13-23)27-26(30)32(39)38(33(27)40)20-21-15-17-24(35)18-16-21/h3-19,29H,20H2,1-2H3. The Labute approximate surface area is 246 Å². The zero-order valence-electron chi connectivity index (χ0n) is 23.4. The molecule has 0 aliphatic carbocycles. The van der Waals surface area contributed by atoms with Crippen molar-refractivity contribution in [2.24, 2.45) is 0 Å². The van der Waals surface area contributed by atoms with Crippen LogP contribution in [0.5, 0.6) is 11.5 Å². The van der Waals surface area contributed by atoms with Crippen molar-refractivity contribution in [1.29, 1.82) is 0 Å². The van der Waals surface area contributed by atoms with Crippen LogP contribution in [0.15, 0.2) is 103 Å². The summed E-state index contributed by atoms with van der Waals surface area (Å²) in [4.78, 5) is 47.7. The van der Waals surface area contributed by atoms with Crippen LogP contribution in [0.25, 0.3) is 10.9 Å². The van der Waals surface area contributed by atoms with E-state index in [9.17, 15) is 18.8 Å². The number of rotatable bonds is 7. The van der Waals surface area contributed by atoms with Crippen molar-refractivity contribution in [2.45, 2.75) is 12.6 Å². The van der Waals surface area contributed by atoms with Crippen molar-refractivity contribution in [1.82, 2.24) is 14.8 Å². The molecule has 0 radical (unpaired) electrons. The van der Waals surface area contributed by atoms with Crippen LogP contribution in [-0.2, 0) is 6.54 Å². The fourth-order valence-corrected chi connectivity index (χ4v) is 5.04. The molecule has 0 unspecified atom stereocenters. The van der Waals surface area contributed by atoms with Gasteiger partial charge in [0, 0.05) is 25.7 Å². The molecule has 0 spiro atoms. The van der Waals surface area contributed by atoms with E-state index in [1.54, 1.807) is 12.1 Å². The van der Waals surface area contributed by atoms with Gasteiger partial charge in [0.25, 0.3) is 11.8 Å². The van der Waals surface area contributed by atoms with Crippen molar-refractivity contribution < 1.29 is 28.2 Å². The Bertz CT molecular complexity index is 1800. The Morgan fingerprint density at radius 2 is 1.40 bits per heavy atom. The van der Waals surface area contributed by atoms with E-state index in [1.165, 1.54) is 49.5 Å². The minimum absolute atomic E-state index is 0.0586. The lowest BCUT2D eigenvalue weighted by molar-refractivity contribution is 0.0640. The number of hydrogen-bond donors (Lipinski definition) is 0. The van der Waals surface area contributed by atoms with Gasteiger partial charge in [-0.3, -0.25) is 19.5 Å². The van der Waals surface area contributed by atoms with Crippen molar-refractivity contribution in [2.75, 3.05) is 14.1 Å². The lowest BCUT2D eigenvalue weighted by Gasteiger charge is -2.23. The van der Waals surface area contributed by atoms with E-state index in [0.717, 1.165) is 16.0 Å². The van der Waals surface area contributed by atoms with Gasteiger partial charge in [-0.25, -0.2) is 9.18 Å². The molecule has 0 saturated heterocycles. The van der Waals surface area contributed by atoms with E-state index in [0.29, 0.717) is 10.9 Å². The Morgan fingerprint density at radius 1 is 0.814 bits per heavy atom. The number of benzene rings is 4. The molecule has 214 valence electrons. The first-order valence-electron chi connectivity index (χ1n) is 13.5. The quantitative estimate of drug-likeness (QED) is 0.209. The first-order chi connectivity index (χ1) is 20.8. The molecular formula is C34H26FN3O5. The van der Waals surface area contributed by atoms with Gasteiger partial charge in [0.15, 0.2) is 11.5 Å². The third-order valence-electron chi connectivity index (χ3n) is 7.14. The minimum atomic E-state index is -0.732. The molecule has 4 aromatic carbocycles. The number of amides is 3. The van der Waals surface area contributed by atoms with Crippen LogP contribution in [0.2, 0.25) is 0 Å². The Hall–Kier alpha value is -5.57. The highest BCUT2D eigenvalue weighted by Crippen LogP contribution is 2.46. The minimum Gasteiger partial charge on any atom is -0.478 e. The lowest BCUT2D eigenvalue weighted by atomic mass is 9.99. The summed E-state index contributed by atoms with van der Waals surface area (Å²) in [5, 5.41) is 0.330. The van der Waals surface area contributed by atoms with Gasteiger partial charge >= 0.3 is 6.09 Å². The van der Waals surface area contributed by atoms with E-state index >= 15 is 0 Å². The number of carbonyl (C=O) groups excluding carboxylic acids is 3. The van der Waals surface area contributed by atoms with Crippen LogP contribution in [-0.4, -0.2) is 46.8 Å². The molecular weight excluding hydrogens is 549 g/mol. The lowest BCUT2D eigenvalue weighted by Crippen LogP contribution is -2.29. The second-order valence-electron chi connectivity index (χ2n) is 10.2. The van der Waals surface area contributed by atoms with Crippen LogP contribution in [0.1, 0.15) is 43.5 Å². The molecule has 1 aliphatic heterocycles. The van der Waals surface area contributed by atoms with Gasteiger partial charge in [0.1, 0.15) is 28.6 Å². The molecule has 1 aliphatic rings. The number of hydrogen-bond acceptors (Lipinski definition) is 6. The van der Waals surface area contributed by atoms with E-state index in [2.05, 4.69) is 4.98 Å². The van der Waals surface area contributed by atoms with Gasteiger partial charge in [-0.05, 0) is 41.0 Å². The van der Waals surface area contributed by atoms with E-state index in [-0.39, 0.29) is 34.7 Å². The average Bonchev–Trinajstić information content (AvgIpc) is 3.27. The highest BCUT2D eigenvalue weighted by atomic mass is 19.1. The van der Waals surface area contributed by atoms with Crippen molar-refractivity contribution in [3.63, 3.8) is 0 Å². The van der Waals surface area contributed by atoms with E-state index < -0.39 is 29.8 Å². The SMILES string of the molecule is CN(C)C(=O)Oc1c2c(c(OC(c3ccccc3)c3ccccc3)c3ncccc13)C(=O)N(Cc1ccc(F)cc1)C2=O. The monoisotopic (exact) mass is 575 g/mol. The van der Waals surface area contributed by atoms with E-state index in [1.807, 2.05) is 60.7 Å². The second-order valence-corrected chi connectivity index (χ2v) is 10.2.